The number of hydrogen-bond donors (Lipinski definition) is 4. The van der Waals surface area contributed by atoms with E-state index in [1.165, 1.54) is 0 Å². The van der Waals surface area contributed by atoms with Gasteiger partial charge in [0.1, 0.15) is 0 Å². The van der Waals surface area contributed by atoms with Gasteiger partial charge in [0.15, 0.2) is 0 Å². The topological polar surface area (TPSA) is 102 Å². The molecule has 0 amide bonds. The Morgan fingerprint density at radius 3 is 2.25 bits per heavy atom. The highest BCUT2D eigenvalue weighted by Crippen LogP contribution is 2.28. The smallest absolute Gasteiger partial charge is 0.0770 e. The molecule has 0 saturated heterocycles. The molecule has 0 heterocycles. The molecule has 1 aliphatic carbocycles. The molecule has 1 atom stereocenters. The molecule has 0 spiro atoms. The fourth-order valence-electron chi connectivity index (χ4n) is 1.82. The normalized spacial score (nSPS) is 20.9. The van der Waals surface area contributed by atoms with Gasteiger partial charge in [-0.1, -0.05) is 30.3 Å². The molecular weight excluding hydrogens is 200 g/mol. The van der Waals surface area contributed by atoms with Crippen molar-refractivity contribution in [2.75, 3.05) is 0 Å². The van der Waals surface area contributed by atoms with E-state index in [4.69, 9.17) is 22.6 Å². The molecule has 1 aromatic rings. The first-order chi connectivity index (χ1) is 7.61. The molecule has 7 N–H and O–H groups in total. The van der Waals surface area contributed by atoms with E-state index in [2.05, 4.69) is 0 Å². The van der Waals surface area contributed by atoms with Gasteiger partial charge in [0.05, 0.1) is 23.0 Å². The predicted octanol–water partition coefficient (Wildman–Crippen LogP) is 0.775. The average Bonchev–Trinajstić information content (AvgIpc) is 2.28. The van der Waals surface area contributed by atoms with Gasteiger partial charge >= 0.3 is 0 Å². The number of benzene rings is 1. The Hall–Kier alpha value is -2.23. The summed E-state index contributed by atoms with van der Waals surface area (Å²) in [5.41, 5.74) is 19.8. The molecule has 1 unspecified atom stereocenters. The first kappa shape index (κ1) is 10.3. The van der Waals surface area contributed by atoms with E-state index in [0.717, 1.165) is 5.56 Å². The minimum atomic E-state index is -0.284. The molecule has 0 fully saturated rings. The number of hydrogen-bond acceptors (Lipinski definition) is 4. The van der Waals surface area contributed by atoms with Crippen molar-refractivity contribution in [2.45, 2.75) is 5.92 Å². The van der Waals surface area contributed by atoms with Crippen LogP contribution in [0.4, 0.5) is 0 Å². The Bertz CT molecular complexity index is 483. The maximum absolute atomic E-state index is 7.97. The minimum Gasteiger partial charge on any atom is -0.401 e. The van der Waals surface area contributed by atoms with Gasteiger partial charge in [-0.25, -0.2) is 0 Å². The molecule has 1 aromatic carbocycles. The lowest BCUT2D eigenvalue weighted by atomic mass is 9.85. The van der Waals surface area contributed by atoms with Crippen molar-refractivity contribution >= 4 is 5.71 Å². The van der Waals surface area contributed by atoms with Crippen LogP contribution in [0.3, 0.4) is 0 Å². The minimum absolute atomic E-state index is 0.267. The predicted molar refractivity (Wildman–Crippen MR) is 64.6 cm³/mol. The van der Waals surface area contributed by atoms with Crippen molar-refractivity contribution in [1.82, 2.24) is 0 Å². The third-order valence-corrected chi connectivity index (χ3v) is 2.68. The highest BCUT2D eigenvalue weighted by molar-refractivity contribution is 6.05. The zero-order valence-corrected chi connectivity index (χ0v) is 8.77. The van der Waals surface area contributed by atoms with Crippen LogP contribution in [0.5, 0.6) is 0 Å². The maximum Gasteiger partial charge on any atom is 0.0770 e. The first-order valence-corrected chi connectivity index (χ1v) is 4.97. The summed E-state index contributed by atoms with van der Waals surface area (Å²) >= 11 is 0. The lowest BCUT2D eigenvalue weighted by molar-refractivity contribution is 0.967. The van der Waals surface area contributed by atoms with Gasteiger partial charge < -0.3 is 22.6 Å². The Morgan fingerprint density at radius 1 is 1.00 bits per heavy atom. The fraction of sp³-hybridized carbons (Fsp3) is 0.0833. The molecule has 0 radical (unpaired) electrons. The molecule has 82 valence electrons. The third-order valence-electron chi connectivity index (χ3n) is 2.68. The standard InChI is InChI=1S/C12H14N4/c13-8-6-9(14)11(15)12(16)10(8)7-4-2-1-3-5-7/h1-6,10,16H,13-15H2. The molecule has 0 bridgehead atoms. The van der Waals surface area contributed by atoms with Gasteiger partial charge in [-0.15, -0.1) is 0 Å². The van der Waals surface area contributed by atoms with Gasteiger partial charge in [-0.2, -0.15) is 0 Å². The molecule has 1 aliphatic rings. The number of nitrogens with one attached hydrogen (secondary N) is 1. The second-order valence-corrected chi connectivity index (χ2v) is 3.77. The average molecular weight is 214 g/mol. The van der Waals surface area contributed by atoms with Gasteiger partial charge in [0.25, 0.3) is 0 Å². The SMILES string of the molecule is N=C1C(N)=C(N)C=C(N)C1c1ccccc1. The molecule has 4 heteroatoms. The summed E-state index contributed by atoms with van der Waals surface area (Å²) in [6.45, 7) is 0. The summed E-state index contributed by atoms with van der Waals surface area (Å²) in [4.78, 5) is 0. The van der Waals surface area contributed by atoms with E-state index >= 15 is 0 Å². The Morgan fingerprint density at radius 2 is 1.62 bits per heavy atom. The number of rotatable bonds is 1. The molecule has 0 aliphatic heterocycles. The zero-order valence-electron chi connectivity index (χ0n) is 8.77. The summed E-state index contributed by atoms with van der Waals surface area (Å²) in [6.07, 6.45) is 1.63. The van der Waals surface area contributed by atoms with Crippen LogP contribution >= 0.6 is 0 Å². The molecule has 16 heavy (non-hydrogen) atoms. The van der Waals surface area contributed by atoms with Crippen LogP contribution < -0.4 is 17.2 Å². The first-order valence-electron chi connectivity index (χ1n) is 4.97. The quantitative estimate of drug-likeness (QED) is 0.555. The molecule has 0 saturated carbocycles. The lowest BCUT2D eigenvalue weighted by Crippen LogP contribution is -2.30. The second kappa shape index (κ2) is 3.73. The van der Waals surface area contributed by atoms with E-state index in [1.54, 1.807) is 6.08 Å². The van der Waals surface area contributed by atoms with E-state index in [1.807, 2.05) is 30.3 Å². The van der Waals surface area contributed by atoms with E-state index in [-0.39, 0.29) is 11.6 Å². The molecular formula is C12H14N4. The van der Waals surface area contributed by atoms with Crippen LogP contribution in [0, 0.1) is 5.41 Å². The van der Waals surface area contributed by atoms with E-state index < -0.39 is 0 Å². The number of allylic oxidation sites excluding steroid dienone is 3. The highest BCUT2D eigenvalue weighted by atomic mass is 14.8. The third kappa shape index (κ3) is 1.54. The van der Waals surface area contributed by atoms with Crippen LogP contribution in [-0.2, 0) is 0 Å². The highest BCUT2D eigenvalue weighted by Gasteiger charge is 2.26. The van der Waals surface area contributed by atoms with Crippen molar-refractivity contribution in [1.29, 1.82) is 5.41 Å². The lowest BCUT2D eigenvalue weighted by Gasteiger charge is -2.24. The van der Waals surface area contributed by atoms with E-state index in [0.29, 0.717) is 17.1 Å². The Kier molecular flexibility index (Phi) is 2.40. The van der Waals surface area contributed by atoms with Crippen LogP contribution in [0.15, 0.2) is 53.5 Å². The number of nitrogens with two attached hydrogens (primary N) is 3. The summed E-state index contributed by atoms with van der Waals surface area (Å²) in [5, 5.41) is 7.97. The summed E-state index contributed by atoms with van der Waals surface area (Å²) < 4.78 is 0. The molecule has 2 rings (SSSR count). The Balaban J connectivity index is 2.46. The molecule has 0 aromatic heterocycles. The zero-order chi connectivity index (χ0) is 11.7. The van der Waals surface area contributed by atoms with Crippen molar-refractivity contribution in [3.05, 3.63) is 59.1 Å². The Labute approximate surface area is 93.9 Å². The van der Waals surface area contributed by atoms with Gasteiger partial charge in [-0.05, 0) is 11.6 Å². The van der Waals surface area contributed by atoms with Crippen molar-refractivity contribution in [3.8, 4) is 0 Å². The molecule has 4 nitrogen and oxygen atoms in total. The second-order valence-electron chi connectivity index (χ2n) is 3.77. The van der Waals surface area contributed by atoms with E-state index in [9.17, 15) is 0 Å². The summed E-state index contributed by atoms with van der Waals surface area (Å²) in [7, 11) is 0. The summed E-state index contributed by atoms with van der Waals surface area (Å²) in [6, 6.07) is 9.59. The van der Waals surface area contributed by atoms with Crippen LogP contribution in [0.25, 0.3) is 0 Å². The van der Waals surface area contributed by atoms with Gasteiger partial charge in [0, 0.05) is 5.70 Å². The van der Waals surface area contributed by atoms with Gasteiger partial charge in [0.2, 0.25) is 0 Å². The summed E-state index contributed by atoms with van der Waals surface area (Å²) in [5.74, 6) is -0.284. The van der Waals surface area contributed by atoms with Crippen molar-refractivity contribution in [3.63, 3.8) is 0 Å². The van der Waals surface area contributed by atoms with Crippen LogP contribution in [0.2, 0.25) is 0 Å². The van der Waals surface area contributed by atoms with Crippen molar-refractivity contribution < 1.29 is 0 Å². The largest absolute Gasteiger partial charge is 0.401 e. The maximum atomic E-state index is 7.97. The van der Waals surface area contributed by atoms with Crippen LogP contribution in [0.1, 0.15) is 11.5 Å². The van der Waals surface area contributed by atoms with Gasteiger partial charge in [-0.3, -0.25) is 0 Å². The van der Waals surface area contributed by atoms with Crippen molar-refractivity contribution in [2.24, 2.45) is 17.2 Å². The fourth-order valence-corrected chi connectivity index (χ4v) is 1.82. The van der Waals surface area contributed by atoms with Crippen LogP contribution in [-0.4, -0.2) is 5.71 Å². The monoisotopic (exact) mass is 214 g/mol.